The first-order chi connectivity index (χ1) is 8.05. The molecule has 0 aromatic heterocycles. The second kappa shape index (κ2) is 5.24. The monoisotopic (exact) mass is 261 g/mol. The zero-order valence-corrected chi connectivity index (χ0v) is 11.4. The molecular weight excluding hydrogens is 238 g/mol. The van der Waals surface area contributed by atoms with Crippen molar-refractivity contribution in [1.29, 1.82) is 0 Å². The molecule has 2 aliphatic rings. The Balaban J connectivity index is 1.69. The van der Waals surface area contributed by atoms with E-state index in [9.17, 15) is 8.42 Å². The van der Waals surface area contributed by atoms with Crippen molar-refractivity contribution in [2.24, 2.45) is 5.41 Å². The summed E-state index contributed by atoms with van der Waals surface area (Å²) in [5, 5.41) is 3.55. The largest absolute Gasteiger partial charge is 0.385 e. The van der Waals surface area contributed by atoms with Crippen molar-refractivity contribution in [2.75, 3.05) is 31.8 Å². The van der Waals surface area contributed by atoms with Crippen LogP contribution in [-0.4, -0.2) is 46.2 Å². The predicted molar refractivity (Wildman–Crippen MR) is 67.8 cm³/mol. The molecule has 0 unspecified atom stereocenters. The van der Waals surface area contributed by atoms with Crippen molar-refractivity contribution in [3.63, 3.8) is 0 Å². The van der Waals surface area contributed by atoms with E-state index in [1.165, 1.54) is 12.8 Å². The van der Waals surface area contributed by atoms with Gasteiger partial charge in [-0.25, -0.2) is 8.42 Å². The van der Waals surface area contributed by atoms with E-state index in [-0.39, 0.29) is 0 Å². The Morgan fingerprint density at radius 2 is 1.94 bits per heavy atom. The van der Waals surface area contributed by atoms with E-state index in [0.29, 0.717) is 23.0 Å². The molecule has 1 heterocycles. The molecular formula is C12H23NO3S. The summed E-state index contributed by atoms with van der Waals surface area (Å²) in [4.78, 5) is 0. The van der Waals surface area contributed by atoms with Gasteiger partial charge < -0.3 is 10.1 Å². The molecule has 0 radical (unpaired) electrons. The standard InChI is InChI=1S/C12H23NO3S/c1-16-7-6-12(4-5-12)10-13-11-2-8-17(14,15)9-3-11/h11,13H,2-10H2,1H3. The fourth-order valence-corrected chi connectivity index (χ4v) is 3.96. The van der Waals surface area contributed by atoms with Crippen LogP contribution in [0.25, 0.3) is 0 Å². The van der Waals surface area contributed by atoms with Gasteiger partial charge in [-0.05, 0) is 37.5 Å². The zero-order chi connectivity index (χ0) is 12.4. The van der Waals surface area contributed by atoms with Crippen LogP contribution < -0.4 is 5.32 Å². The lowest BCUT2D eigenvalue weighted by Gasteiger charge is -2.25. The van der Waals surface area contributed by atoms with E-state index in [1.54, 1.807) is 7.11 Å². The van der Waals surface area contributed by atoms with Crippen LogP contribution in [0.4, 0.5) is 0 Å². The minimum absolute atomic E-state index is 0.357. The minimum Gasteiger partial charge on any atom is -0.385 e. The van der Waals surface area contributed by atoms with Crippen molar-refractivity contribution in [2.45, 2.75) is 38.1 Å². The maximum atomic E-state index is 11.3. The molecule has 17 heavy (non-hydrogen) atoms. The van der Waals surface area contributed by atoms with Gasteiger partial charge in [0.15, 0.2) is 0 Å². The van der Waals surface area contributed by atoms with Gasteiger partial charge in [-0.1, -0.05) is 0 Å². The van der Waals surface area contributed by atoms with Crippen molar-refractivity contribution in [1.82, 2.24) is 5.32 Å². The third kappa shape index (κ3) is 3.93. The summed E-state index contributed by atoms with van der Waals surface area (Å²) in [6, 6.07) is 0.401. The summed E-state index contributed by atoms with van der Waals surface area (Å²) in [7, 11) is -0.982. The Bertz CT molecular complexity index is 335. The molecule has 0 bridgehead atoms. The first-order valence-electron chi connectivity index (χ1n) is 6.48. The molecule has 2 fully saturated rings. The number of hydrogen-bond donors (Lipinski definition) is 1. The molecule has 0 atom stereocenters. The second-order valence-corrected chi connectivity index (χ2v) is 7.85. The average molecular weight is 261 g/mol. The van der Waals surface area contributed by atoms with E-state index in [4.69, 9.17) is 4.74 Å². The Kier molecular flexibility index (Phi) is 4.10. The number of rotatable bonds is 6. The van der Waals surface area contributed by atoms with Crippen LogP contribution in [0, 0.1) is 5.41 Å². The highest BCUT2D eigenvalue weighted by Gasteiger charge is 2.42. The van der Waals surface area contributed by atoms with Crippen LogP contribution in [0.2, 0.25) is 0 Å². The van der Waals surface area contributed by atoms with Crippen molar-refractivity contribution < 1.29 is 13.2 Å². The Hall–Kier alpha value is -0.130. The van der Waals surface area contributed by atoms with Gasteiger partial charge >= 0.3 is 0 Å². The highest BCUT2D eigenvalue weighted by molar-refractivity contribution is 7.91. The molecule has 4 nitrogen and oxygen atoms in total. The van der Waals surface area contributed by atoms with E-state index in [0.717, 1.165) is 32.4 Å². The Morgan fingerprint density at radius 3 is 2.47 bits per heavy atom. The lowest BCUT2D eigenvalue weighted by atomic mass is 10.0. The fourth-order valence-electron chi connectivity index (χ4n) is 2.47. The predicted octanol–water partition coefficient (Wildman–Crippen LogP) is 0.970. The molecule has 0 aromatic carbocycles. The molecule has 0 spiro atoms. The molecule has 1 saturated heterocycles. The summed E-state index contributed by atoms with van der Waals surface area (Å²) >= 11 is 0. The number of nitrogens with one attached hydrogen (secondary N) is 1. The van der Waals surface area contributed by atoms with Crippen LogP contribution >= 0.6 is 0 Å². The number of sulfone groups is 1. The summed E-state index contributed by atoms with van der Waals surface area (Å²) in [5.41, 5.74) is 0.451. The normalized spacial score (nSPS) is 26.9. The van der Waals surface area contributed by atoms with Gasteiger partial charge in [-0.15, -0.1) is 0 Å². The second-order valence-electron chi connectivity index (χ2n) is 5.55. The molecule has 2 rings (SSSR count). The summed E-state index contributed by atoms with van der Waals surface area (Å²) in [6.07, 6.45) is 5.26. The fraction of sp³-hybridized carbons (Fsp3) is 1.00. The van der Waals surface area contributed by atoms with Crippen molar-refractivity contribution in [3.8, 4) is 0 Å². The molecule has 0 amide bonds. The SMILES string of the molecule is COCCC1(CNC2CCS(=O)(=O)CC2)CC1. The number of ether oxygens (including phenoxy) is 1. The maximum Gasteiger partial charge on any atom is 0.150 e. The van der Waals surface area contributed by atoms with Gasteiger partial charge in [-0.3, -0.25) is 0 Å². The first-order valence-corrected chi connectivity index (χ1v) is 8.30. The summed E-state index contributed by atoms with van der Waals surface area (Å²) in [6.45, 7) is 1.86. The van der Waals surface area contributed by atoms with Crippen LogP contribution in [-0.2, 0) is 14.6 Å². The molecule has 1 N–H and O–H groups in total. The molecule has 0 aromatic rings. The van der Waals surface area contributed by atoms with Crippen molar-refractivity contribution in [3.05, 3.63) is 0 Å². The third-order valence-corrected chi connectivity index (χ3v) is 5.83. The highest BCUT2D eigenvalue weighted by atomic mass is 32.2. The van der Waals surface area contributed by atoms with Gasteiger partial charge in [0.1, 0.15) is 9.84 Å². The van der Waals surface area contributed by atoms with Gasteiger partial charge in [0.2, 0.25) is 0 Å². The molecule has 1 saturated carbocycles. The van der Waals surface area contributed by atoms with Crippen LogP contribution in [0.5, 0.6) is 0 Å². The third-order valence-electron chi connectivity index (χ3n) is 4.11. The summed E-state index contributed by atoms with van der Waals surface area (Å²) < 4.78 is 27.7. The minimum atomic E-state index is -2.73. The average Bonchev–Trinajstić information content (AvgIpc) is 3.06. The number of methoxy groups -OCH3 is 1. The quantitative estimate of drug-likeness (QED) is 0.774. The highest BCUT2D eigenvalue weighted by Crippen LogP contribution is 2.48. The Morgan fingerprint density at radius 1 is 1.29 bits per heavy atom. The lowest BCUT2D eigenvalue weighted by Crippen LogP contribution is -2.40. The Labute approximate surface area is 104 Å². The van der Waals surface area contributed by atoms with E-state index in [2.05, 4.69) is 5.32 Å². The topological polar surface area (TPSA) is 55.4 Å². The summed E-state index contributed by atoms with van der Waals surface area (Å²) in [5.74, 6) is 0.714. The smallest absolute Gasteiger partial charge is 0.150 e. The molecule has 1 aliphatic heterocycles. The van der Waals surface area contributed by atoms with E-state index >= 15 is 0 Å². The van der Waals surface area contributed by atoms with E-state index < -0.39 is 9.84 Å². The van der Waals surface area contributed by atoms with Gasteiger partial charge in [0.05, 0.1) is 11.5 Å². The van der Waals surface area contributed by atoms with E-state index in [1.807, 2.05) is 0 Å². The molecule has 5 heteroatoms. The van der Waals surface area contributed by atoms with Crippen LogP contribution in [0.3, 0.4) is 0 Å². The lowest BCUT2D eigenvalue weighted by molar-refractivity contribution is 0.170. The number of hydrogen-bond acceptors (Lipinski definition) is 4. The van der Waals surface area contributed by atoms with Gasteiger partial charge in [0.25, 0.3) is 0 Å². The zero-order valence-electron chi connectivity index (χ0n) is 10.6. The maximum absolute atomic E-state index is 11.3. The van der Waals surface area contributed by atoms with Gasteiger partial charge in [0, 0.05) is 26.3 Å². The molecule has 100 valence electrons. The van der Waals surface area contributed by atoms with Crippen LogP contribution in [0.1, 0.15) is 32.1 Å². The van der Waals surface area contributed by atoms with Crippen LogP contribution in [0.15, 0.2) is 0 Å². The molecule has 1 aliphatic carbocycles. The van der Waals surface area contributed by atoms with Crippen molar-refractivity contribution >= 4 is 9.84 Å². The first kappa shape index (κ1) is 13.3. The van der Waals surface area contributed by atoms with Gasteiger partial charge in [-0.2, -0.15) is 0 Å².